The molecule has 0 spiro atoms. The number of aromatic nitrogens is 2. The predicted molar refractivity (Wildman–Crippen MR) is 124 cm³/mol. The van der Waals surface area contributed by atoms with Gasteiger partial charge >= 0.3 is 0 Å². The van der Waals surface area contributed by atoms with Crippen molar-refractivity contribution >= 4 is 28.8 Å². The normalized spacial score (nSPS) is 15.5. The van der Waals surface area contributed by atoms with E-state index in [1.54, 1.807) is 24.3 Å². The number of piperazine rings is 1. The van der Waals surface area contributed by atoms with Crippen LogP contribution in [0.5, 0.6) is 0 Å². The Balaban J connectivity index is 1.43. The molecule has 6 nitrogen and oxygen atoms in total. The number of rotatable bonds is 4. The van der Waals surface area contributed by atoms with Crippen LogP contribution in [-0.4, -0.2) is 52.0 Å². The lowest BCUT2D eigenvalue weighted by molar-refractivity contribution is 0.0627. The summed E-state index contributed by atoms with van der Waals surface area (Å²) in [4.78, 5) is 22.3. The van der Waals surface area contributed by atoms with Gasteiger partial charge < -0.3 is 9.42 Å². The van der Waals surface area contributed by atoms with E-state index in [4.69, 9.17) is 21.1 Å². The lowest BCUT2D eigenvalue weighted by Crippen LogP contribution is -2.48. The molecule has 1 aliphatic heterocycles. The summed E-state index contributed by atoms with van der Waals surface area (Å²) in [6, 6.07) is 7.38. The van der Waals surface area contributed by atoms with Crippen molar-refractivity contribution in [3.8, 4) is 11.3 Å². The molecule has 1 saturated heterocycles. The number of carbonyl (C=O) groups excluding carboxylic acids is 1. The van der Waals surface area contributed by atoms with Gasteiger partial charge in [-0.05, 0) is 13.0 Å². The highest BCUT2D eigenvalue weighted by Crippen LogP contribution is 2.32. The van der Waals surface area contributed by atoms with Crippen molar-refractivity contribution in [2.24, 2.45) is 0 Å². The molecular weight excluding hydrogens is 432 g/mol. The number of benzene rings is 1. The van der Waals surface area contributed by atoms with Gasteiger partial charge in [-0.15, -0.1) is 11.3 Å². The number of halogens is 1. The Morgan fingerprint density at radius 2 is 1.90 bits per heavy atom. The summed E-state index contributed by atoms with van der Waals surface area (Å²) in [5.41, 5.74) is 2.91. The Kier molecular flexibility index (Phi) is 6.19. The number of thiazole rings is 1. The number of aryl methyl sites for hydroxylation is 1. The van der Waals surface area contributed by atoms with Crippen LogP contribution in [-0.2, 0) is 12.0 Å². The van der Waals surface area contributed by atoms with Crippen LogP contribution in [0.15, 0.2) is 34.2 Å². The van der Waals surface area contributed by atoms with Crippen molar-refractivity contribution in [1.82, 2.24) is 19.9 Å². The Hall–Kier alpha value is -2.22. The minimum Gasteiger partial charge on any atom is -0.360 e. The molecule has 4 rings (SSSR count). The summed E-state index contributed by atoms with van der Waals surface area (Å²) in [7, 11) is 0. The maximum absolute atomic E-state index is 13.3. The van der Waals surface area contributed by atoms with E-state index >= 15 is 0 Å². The Morgan fingerprint density at radius 1 is 1.19 bits per heavy atom. The summed E-state index contributed by atoms with van der Waals surface area (Å²) >= 11 is 8.05. The quantitative estimate of drug-likeness (QED) is 0.549. The third kappa shape index (κ3) is 4.68. The van der Waals surface area contributed by atoms with Gasteiger partial charge in [0.1, 0.15) is 22.0 Å². The molecule has 0 bridgehead atoms. The fraction of sp³-hybridized carbons (Fsp3) is 0.435. The van der Waals surface area contributed by atoms with Crippen LogP contribution in [0.4, 0.5) is 0 Å². The SMILES string of the molecule is Cc1onc(-c2ccccc2Cl)c1C(=O)N1CCN(Cc2nc(C(C)(C)C)cs2)CC1. The van der Waals surface area contributed by atoms with Crippen molar-refractivity contribution in [2.75, 3.05) is 26.2 Å². The highest BCUT2D eigenvalue weighted by molar-refractivity contribution is 7.09. The van der Waals surface area contributed by atoms with Crippen molar-refractivity contribution in [1.29, 1.82) is 0 Å². The summed E-state index contributed by atoms with van der Waals surface area (Å²) in [6.07, 6.45) is 0. The van der Waals surface area contributed by atoms with Crippen LogP contribution in [0, 0.1) is 6.92 Å². The van der Waals surface area contributed by atoms with Crippen LogP contribution < -0.4 is 0 Å². The average Bonchev–Trinajstić information content (AvgIpc) is 3.35. The molecule has 3 heterocycles. The molecule has 0 saturated carbocycles. The maximum Gasteiger partial charge on any atom is 0.259 e. The second kappa shape index (κ2) is 8.73. The van der Waals surface area contributed by atoms with E-state index in [9.17, 15) is 4.79 Å². The van der Waals surface area contributed by atoms with Gasteiger partial charge in [0.15, 0.2) is 0 Å². The largest absolute Gasteiger partial charge is 0.360 e. The minimum atomic E-state index is -0.0578. The summed E-state index contributed by atoms with van der Waals surface area (Å²) in [5.74, 6) is 0.456. The van der Waals surface area contributed by atoms with Crippen molar-refractivity contribution < 1.29 is 9.32 Å². The van der Waals surface area contributed by atoms with Crippen LogP contribution in [0.3, 0.4) is 0 Å². The van der Waals surface area contributed by atoms with Gasteiger partial charge in [-0.3, -0.25) is 9.69 Å². The fourth-order valence-electron chi connectivity index (χ4n) is 3.65. The van der Waals surface area contributed by atoms with E-state index in [2.05, 4.69) is 36.2 Å². The van der Waals surface area contributed by atoms with Gasteiger partial charge in [0.2, 0.25) is 0 Å². The molecule has 2 aromatic heterocycles. The van der Waals surface area contributed by atoms with E-state index in [0.717, 1.165) is 30.3 Å². The van der Waals surface area contributed by atoms with Crippen LogP contribution in [0.25, 0.3) is 11.3 Å². The van der Waals surface area contributed by atoms with Crippen LogP contribution in [0.2, 0.25) is 5.02 Å². The van der Waals surface area contributed by atoms with E-state index in [1.807, 2.05) is 23.1 Å². The Morgan fingerprint density at radius 3 is 2.55 bits per heavy atom. The van der Waals surface area contributed by atoms with E-state index < -0.39 is 0 Å². The first kappa shape index (κ1) is 22.0. The first-order valence-electron chi connectivity index (χ1n) is 10.4. The topological polar surface area (TPSA) is 62.5 Å². The zero-order chi connectivity index (χ0) is 22.2. The fourth-order valence-corrected chi connectivity index (χ4v) is 4.93. The molecule has 0 aliphatic carbocycles. The third-order valence-corrected chi connectivity index (χ3v) is 6.71. The standard InChI is InChI=1S/C23H27ClN4O2S/c1-15-20(21(26-30-15)16-7-5-6-8-17(16)24)22(29)28-11-9-27(10-12-28)13-19-25-18(14-31-19)23(2,3)4/h5-8,14H,9-13H2,1-4H3. The third-order valence-electron chi connectivity index (χ3n) is 5.54. The van der Waals surface area contributed by atoms with E-state index in [0.29, 0.717) is 40.7 Å². The predicted octanol–water partition coefficient (Wildman–Crippen LogP) is 5.02. The second-order valence-corrected chi connectivity index (χ2v) is 10.2. The average molecular weight is 459 g/mol. The summed E-state index contributed by atoms with van der Waals surface area (Å²) < 4.78 is 5.37. The highest BCUT2D eigenvalue weighted by Gasteiger charge is 2.29. The molecule has 1 aromatic carbocycles. The monoisotopic (exact) mass is 458 g/mol. The summed E-state index contributed by atoms with van der Waals surface area (Å²) in [5, 5.41) is 7.96. The lowest BCUT2D eigenvalue weighted by Gasteiger charge is -2.34. The molecule has 3 aromatic rings. The minimum absolute atomic E-state index is 0.0578. The van der Waals surface area contributed by atoms with Crippen molar-refractivity contribution in [3.63, 3.8) is 0 Å². The molecule has 8 heteroatoms. The number of hydrogen-bond acceptors (Lipinski definition) is 6. The smallest absolute Gasteiger partial charge is 0.259 e. The maximum atomic E-state index is 13.3. The second-order valence-electron chi connectivity index (χ2n) is 8.89. The highest BCUT2D eigenvalue weighted by atomic mass is 35.5. The molecule has 1 aliphatic rings. The van der Waals surface area contributed by atoms with Crippen LogP contribution in [0.1, 0.15) is 47.6 Å². The number of nitrogens with zero attached hydrogens (tertiary/aromatic N) is 4. The van der Waals surface area contributed by atoms with Crippen molar-refractivity contribution in [3.05, 3.63) is 56.7 Å². The van der Waals surface area contributed by atoms with Gasteiger partial charge in [-0.2, -0.15) is 0 Å². The number of amides is 1. The molecule has 0 atom stereocenters. The Labute approximate surface area is 191 Å². The number of hydrogen-bond donors (Lipinski definition) is 0. The first-order chi connectivity index (χ1) is 14.7. The lowest BCUT2D eigenvalue weighted by atomic mass is 9.93. The Bertz CT molecular complexity index is 1080. The molecule has 164 valence electrons. The van der Waals surface area contributed by atoms with Gasteiger partial charge in [-0.25, -0.2) is 4.98 Å². The molecule has 0 radical (unpaired) electrons. The summed E-state index contributed by atoms with van der Waals surface area (Å²) in [6.45, 7) is 12.1. The molecule has 31 heavy (non-hydrogen) atoms. The van der Waals surface area contributed by atoms with Crippen molar-refractivity contribution in [2.45, 2.75) is 39.7 Å². The number of carbonyl (C=O) groups is 1. The molecular formula is C23H27ClN4O2S. The molecule has 0 unspecified atom stereocenters. The van der Waals surface area contributed by atoms with Gasteiger partial charge in [-0.1, -0.05) is 55.7 Å². The van der Waals surface area contributed by atoms with Crippen LogP contribution >= 0.6 is 22.9 Å². The van der Waals surface area contributed by atoms with Gasteiger partial charge in [0.05, 0.1) is 17.3 Å². The zero-order valence-corrected chi connectivity index (χ0v) is 19.9. The van der Waals surface area contributed by atoms with E-state index in [1.165, 1.54) is 0 Å². The van der Waals surface area contributed by atoms with E-state index in [-0.39, 0.29) is 11.3 Å². The molecule has 1 fully saturated rings. The van der Waals surface area contributed by atoms with Gasteiger partial charge in [0, 0.05) is 42.5 Å². The zero-order valence-electron chi connectivity index (χ0n) is 18.3. The first-order valence-corrected chi connectivity index (χ1v) is 11.7. The van der Waals surface area contributed by atoms with Gasteiger partial charge in [0.25, 0.3) is 5.91 Å². The molecule has 0 N–H and O–H groups in total. The molecule has 1 amide bonds.